The van der Waals surface area contributed by atoms with Gasteiger partial charge in [-0.1, -0.05) is 23.7 Å². The molecule has 7 heteroatoms. The molecule has 0 bridgehead atoms. The van der Waals surface area contributed by atoms with E-state index < -0.39 is 11.9 Å². The molecule has 0 unspecified atom stereocenters. The lowest BCUT2D eigenvalue weighted by atomic mass is 10.1. The van der Waals surface area contributed by atoms with E-state index in [1.807, 2.05) is 12.1 Å². The van der Waals surface area contributed by atoms with Crippen molar-refractivity contribution in [3.05, 3.63) is 70.4 Å². The van der Waals surface area contributed by atoms with E-state index in [4.69, 9.17) is 21.4 Å². The van der Waals surface area contributed by atoms with E-state index in [0.29, 0.717) is 16.2 Å². The van der Waals surface area contributed by atoms with Crippen molar-refractivity contribution in [2.24, 2.45) is 0 Å². The molecule has 0 radical (unpaired) electrons. The minimum Gasteiger partial charge on any atom is -0.489 e. The molecule has 0 aliphatic carbocycles. The Morgan fingerprint density at radius 2 is 1.72 bits per heavy atom. The zero-order valence-corrected chi connectivity index (χ0v) is 13.5. The summed E-state index contributed by atoms with van der Waals surface area (Å²) in [4.78, 5) is 26.5. The maximum atomic E-state index is 11.4. The molecular weight excluding hydrogens is 346 g/mol. The lowest BCUT2D eigenvalue weighted by Gasteiger charge is -2.09. The highest BCUT2D eigenvalue weighted by atomic mass is 35.5. The number of pyridine rings is 1. The lowest BCUT2D eigenvalue weighted by Crippen LogP contribution is -2.06. The molecule has 126 valence electrons. The first kappa shape index (κ1) is 16.7. The third-order valence-electron chi connectivity index (χ3n) is 3.55. The van der Waals surface area contributed by atoms with Crippen molar-refractivity contribution in [1.29, 1.82) is 0 Å². The number of ether oxygens (including phenoxy) is 1. The van der Waals surface area contributed by atoms with Crippen LogP contribution in [0.15, 0.2) is 48.5 Å². The number of carboxylic acids is 2. The van der Waals surface area contributed by atoms with Crippen molar-refractivity contribution >= 4 is 34.4 Å². The third-order valence-corrected chi connectivity index (χ3v) is 3.80. The second kappa shape index (κ2) is 6.78. The van der Waals surface area contributed by atoms with Gasteiger partial charge in [-0.15, -0.1) is 0 Å². The fourth-order valence-corrected chi connectivity index (χ4v) is 2.45. The summed E-state index contributed by atoms with van der Waals surface area (Å²) in [6.07, 6.45) is 0. The molecule has 1 heterocycles. The van der Waals surface area contributed by atoms with Gasteiger partial charge in [0.2, 0.25) is 0 Å². The Hall–Kier alpha value is -3.12. The van der Waals surface area contributed by atoms with E-state index in [1.54, 1.807) is 18.2 Å². The van der Waals surface area contributed by atoms with Gasteiger partial charge in [0.25, 0.3) is 0 Å². The molecule has 2 N–H and O–H groups in total. The number of nitrogens with zero attached hydrogens (tertiary/aromatic N) is 1. The molecule has 2 aromatic carbocycles. The van der Waals surface area contributed by atoms with Crippen LogP contribution in [0.2, 0.25) is 5.02 Å². The molecule has 0 fully saturated rings. The first-order valence-corrected chi connectivity index (χ1v) is 7.60. The average Bonchev–Trinajstić information content (AvgIpc) is 2.59. The summed E-state index contributed by atoms with van der Waals surface area (Å²) in [6, 6.07) is 12.9. The Balaban J connectivity index is 1.94. The molecule has 0 aliphatic heterocycles. The van der Waals surface area contributed by atoms with E-state index in [9.17, 15) is 14.7 Å². The van der Waals surface area contributed by atoms with Crippen molar-refractivity contribution in [3.63, 3.8) is 0 Å². The largest absolute Gasteiger partial charge is 0.489 e. The van der Waals surface area contributed by atoms with Gasteiger partial charge in [-0.3, -0.25) is 0 Å². The SMILES string of the molecule is O=C(O)c1cc(C(=O)O)c2cc(OCc3ccc(Cl)cc3)ccc2n1. The Kier molecular flexibility index (Phi) is 4.54. The number of halogens is 1. The van der Waals surface area contributed by atoms with Crippen molar-refractivity contribution in [1.82, 2.24) is 4.98 Å². The molecule has 1 aromatic heterocycles. The summed E-state index contributed by atoms with van der Waals surface area (Å²) in [5.74, 6) is -2.06. The van der Waals surface area contributed by atoms with E-state index >= 15 is 0 Å². The standard InChI is InChI=1S/C18H12ClNO5/c19-11-3-1-10(2-4-11)9-25-12-5-6-15-13(7-12)14(17(21)22)8-16(20-15)18(23)24/h1-8H,9H2,(H,21,22)(H,23,24). The summed E-state index contributed by atoms with van der Waals surface area (Å²) >= 11 is 5.83. The smallest absolute Gasteiger partial charge is 0.354 e. The van der Waals surface area contributed by atoms with E-state index in [1.165, 1.54) is 12.1 Å². The number of aromatic carboxylic acids is 2. The normalized spacial score (nSPS) is 10.6. The summed E-state index contributed by atoms with van der Waals surface area (Å²) < 4.78 is 5.67. The van der Waals surface area contributed by atoms with Crippen molar-refractivity contribution in [2.45, 2.75) is 6.61 Å². The van der Waals surface area contributed by atoms with Crippen LogP contribution in [0.3, 0.4) is 0 Å². The van der Waals surface area contributed by atoms with Crippen LogP contribution in [0, 0.1) is 0 Å². The fourth-order valence-electron chi connectivity index (χ4n) is 2.33. The van der Waals surface area contributed by atoms with E-state index in [0.717, 1.165) is 11.6 Å². The first-order chi connectivity index (χ1) is 11.9. The van der Waals surface area contributed by atoms with E-state index in [2.05, 4.69) is 4.98 Å². The minimum atomic E-state index is -1.28. The molecule has 0 saturated carbocycles. The fraction of sp³-hybridized carbons (Fsp3) is 0.0556. The number of hydrogen-bond acceptors (Lipinski definition) is 4. The average molecular weight is 358 g/mol. The highest BCUT2D eigenvalue weighted by Gasteiger charge is 2.16. The Morgan fingerprint density at radius 3 is 2.36 bits per heavy atom. The summed E-state index contributed by atoms with van der Waals surface area (Å²) in [5.41, 5.74) is 0.720. The van der Waals surface area contributed by atoms with Gasteiger partial charge in [0.1, 0.15) is 18.1 Å². The van der Waals surface area contributed by atoms with Gasteiger partial charge in [0.05, 0.1) is 11.1 Å². The Bertz CT molecular complexity index is 969. The maximum Gasteiger partial charge on any atom is 0.354 e. The van der Waals surface area contributed by atoms with Gasteiger partial charge >= 0.3 is 11.9 Å². The number of aromatic nitrogens is 1. The van der Waals surface area contributed by atoms with Crippen LogP contribution in [-0.4, -0.2) is 27.1 Å². The van der Waals surface area contributed by atoms with Crippen LogP contribution >= 0.6 is 11.6 Å². The van der Waals surface area contributed by atoms with Crippen LogP contribution in [0.5, 0.6) is 5.75 Å². The Labute approximate surface area is 147 Å². The van der Waals surface area contributed by atoms with Crippen LogP contribution < -0.4 is 4.74 Å². The molecule has 0 amide bonds. The monoisotopic (exact) mass is 357 g/mol. The van der Waals surface area contributed by atoms with Gasteiger partial charge in [-0.25, -0.2) is 14.6 Å². The number of carboxylic acid groups (broad SMARTS) is 2. The van der Waals surface area contributed by atoms with Crippen LogP contribution in [0.4, 0.5) is 0 Å². The zero-order valence-electron chi connectivity index (χ0n) is 12.8. The molecule has 3 aromatic rings. The lowest BCUT2D eigenvalue weighted by molar-refractivity contribution is 0.0691. The predicted molar refractivity (Wildman–Crippen MR) is 91.4 cm³/mol. The number of benzene rings is 2. The van der Waals surface area contributed by atoms with Gasteiger partial charge in [-0.2, -0.15) is 0 Å². The topological polar surface area (TPSA) is 96.7 Å². The van der Waals surface area contributed by atoms with Crippen LogP contribution in [-0.2, 0) is 6.61 Å². The second-order valence-corrected chi connectivity index (χ2v) is 5.70. The maximum absolute atomic E-state index is 11.4. The van der Waals surface area contributed by atoms with Crippen LogP contribution in [0.25, 0.3) is 10.9 Å². The minimum absolute atomic E-state index is 0.139. The number of rotatable bonds is 5. The molecule has 3 rings (SSSR count). The van der Waals surface area contributed by atoms with Gasteiger partial charge in [-0.05, 0) is 42.0 Å². The molecular formula is C18H12ClNO5. The van der Waals surface area contributed by atoms with Gasteiger partial charge < -0.3 is 14.9 Å². The second-order valence-electron chi connectivity index (χ2n) is 5.26. The number of fused-ring (bicyclic) bond motifs is 1. The number of hydrogen-bond donors (Lipinski definition) is 2. The van der Waals surface area contributed by atoms with Crippen molar-refractivity contribution in [2.75, 3.05) is 0 Å². The van der Waals surface area contributed by atoms with Crippen molar-refractivity contribution in [3.8, 4) is 5.75 Å². The number of carbonyl (C=O) groups is 2. The molecule has 6 nitrogen and oxygen atoms in total. The molecule has 0 aliphatic rings. The predicted octanol–water partition coefficient (Wildman–Crippen LogP) is 3.86. The summed E-state index contributed by atoms with van der Waals surface area (Å²) in [6.45, 7) is 0.283. The highest BCUT2D eigenvalue weighted by molar-refractivity contribution is 6.30. The van der Waals surface area contributed by atoms with Gasteiger partial charge in [0, 0.05) is 10.4 Å². The Morgan fingerprint density at radius 1 is 1.00 bits per heavy atom. The quantitative estimate of drug-likeness (QED) is 0.719. The van der Waals surface area contributed by atoms with Crippen molar-refractivity contribution < 1.29 is 24.5 Å². The molecule has 0 atom stereocenters. The van der Waals surface area contributed by atoms with Gasteiger partial charge in [0.15, 0.2) is 0 Å². The molecule has 0 spiro atoms. The summed E-state index contributed by atoms with van der Waals surface area (Å²) in [7, 11) is 0. The highest BCUT2D eigenvalue weighted by Crippen LogP contribution is 2.25. The third kappa shape index (κ3) is 3.70. The molecule has 0 saturated heterocycles. The van der Waals surface area contributed by atoms with E-state index in [-0.39, 0.29) is 23.4 Å². The zero-order chi connectivity index (χ0) is 18.0. The summed E-state index contributed by atoms with van der Waals surface area (Å²) in [5, 5.41) is 19.3. The van der Waals surface area contributed by atoms with Crippen LogP contribution in [0.1, 0.15) is 26.4 Å². The molecule has 25 heavy (non-hydrogen) atoms. The first-order valence-electron chi connectivity index (χ1n) is 7.22.